The maximum Gasteiger partial charge on any atom is 0.268 e. The fourth-order valence-corrected chi connectivity index (χ4v) is 5.38. The van der Waals surface area contributed by atoms with E-state index in [1.807, 2.05) is 11.5 Å². The predicted octanol–water partition coefficient (Wildman–Crippen LogP) is 2.74. The molecule has 1 fully saturated rings. The molecule has 8 nitrogen and oxygen atoms in total. The lowest BCUT2D eigenvalue weighted by atomic mass is 10.1. The molecule has 9 heteroatoms. The molecule has 0 bridgehead atoms. The normalized spacial score (nSPS) is 15.0. The van der Waals surface area contributed by atoms with Crippen LogP contribution in [0.5, 0.6) is 5.75 Å². The minimum absolute atomic E-state index is 0.0848. The molecule has 1 aromatic heterocycles. The zero-order chi connectivity index (χ0) is 22.6. The first-order valence-electron chi connectivity index (χ1n) is 10.8. The highest BCUT2D eigenvalue weighted by Gasteiger charge is 2.19. The van der Waals surface area contributed by atoms with Crippen LogP contribution in [-0.2, 0) is 10.0 Å². The van der Waals surface area contributed by atoms with E-state index in [1.165, 1.54) is 66.8 Å². The van der Waals surface area contributed by atoms with Crippen LogP contribution in [0.4, 0.5) is 0 Å². The minimum atomic E-state index is -3.81. The van der Waals surface area contributed by atoms with Crippen LogP contribution in [-0.4, -0.2) is 49.4 Å². The van der Waals surface area contributed by atoms with E-state index >= 15 is 0 Å². The minimum Gasteiger partial charge on any atom is -0.494 e. The summed E-state index contributed by atoms with van der Waals surface area (Å²) in [5.74, 6) is 5.36. The second kappa shape index (κ2) is 9.72. The Morgan fingerprint density at radius 2 is 1.78 bits per heavy atom. The number of hydrazine groups is 1. The van der Waals surface area contributed by atoms with Crippen LogP contribution in [0.3, 0.4) is 0 Å². The number of likely N-dealkylation sites (tertiary alicyclic amines) is 1. The third kappa shape index (κ3) is 4.79. The number of hydrogen-bond acceptors (Lipinski definition) is 6. The standard InChI is InChI=1S/C23H28N4O4S/c24-25-23(28)18-5-8-21(9-6-18)32(29,30)27-15-11-19-17-20(7-10-22(19)27)31-16-4-14-26-12-2-1-3-13-26/h5-11,15,17H,1-4,12-14,16,24H2,(H,25,28). The van der Waals surface area contributed by atoms with Gasteiger partial charge in [-0.3, -0.25) is 10.2 Å². The molecule has 3 aromatic rings. The number of carbonyl (C=O) groups excluding carboxylic acids is 1. The predicted molar refractivity (Wildman–Crippen MR) is 123 cm³/mol. The van der Waals surface area contributed by atoms with Gasteiger partial charge in [-0.05, 0) is 80.9 Å². The fraction of sp³-hybridized carbons (Fsp3) is 0.348. The van der Waals surface area contributed by atoms with Crippen LogP contribution in [0.2, 0.25) is 0 Å². The summed E-state index contributed by atoms with van der Waals surface area (Å²) < 4.78 is 33.3. The Morgan fingerprint density at radius 3 is 2.50 bits per heavy atom. The fourth-order valence-electron chi connectivity index (χ4n) is 4.03. The summed E-state index contributed by atoms with van der Waals surface area (Å²) in [4.78, 5) is 14.1. The van der Waals surface area contributed by atoms with Gasteiger partial charge in [-0.1, -0.05) is 6.42 Å². The van der Waals surface area contributed by atoms with Crippen LogP contribution in [0.1, 0.15) is 36.0 Å². The molecule has 0 atom stereocenters. The van der Waals surface area contributed by atoms with Crippen molar-refractivity contribution in [2.24, 2.45) is 5.84 Å². The van der Waals surface area contributed by atoms with Gasteiger partial charge in [0.15, 0.2) is 0 Å². The first kappa shape index (κ1) is 22.3. The van der Waals surface area contributed by atoms with E-state index in [9.17, 15) is 13.2 Å². The number of benzene rings is 2. The highest BCUT2D eigenvalue weighted by molar-refractivity contribution is 7.90. The molecule has 32 heavy (non-hydrogen) atoms. The zero-order valence-electron chi connectivity index (χ0n) is 17.9. The van der Waals surface area contributed by atoms with Gasteiger partial charge in [0.2, 0.25) is 0 Å². The summed E-state index contributed by atoms with van der Waals surface area (Å²) >= 11 is 0. The summed E-state index contributed by atoms with van der Waals surface area (Å²) in [7, 11) is -3.81. The van der Waals surface area contributed by atoms with Crippen LogP contribution in [0, 0.1) is 0 Å². The van der Waals surface area contributed by atoms with Crippen molar-refractivity contribution in [2.45, 2.75) is 30.6 Å². The van der Waals surface area contributed by atoms with Crippen molar-refractivity contribution in [1.82, 2.24) is 14.3 Å². The number of nitrogens with zero attached hydrogens (tertiary/aromatic N) is 2. The van der Waals surface area contributed by atoms with Gasteiger partial charge in [0.1, 0.15) is 5.75 Å². The first-order chi connectivity index (χ1) is 15.5. The van der Waals surface area contributed by atoms with Gasteiger partial charge in [0, 0.05) is 23.7 Å². The molecule has 2 aromatic carbocycles. The number of aromatic nitrogens is 1. The lowest BCUT2D eigenvalue weighted by molar-refractivity contribution is 0.0953. The Balaban J connectivity index is 1.44. The molecule has 4 rings (SSSR count). The summed E-state index contributed by atoms with van der Waals surface area (Å²) in [5.41, 5.74) is 2.87. The Morgan fingerprint density at radius 1 is 1.03 bits per heavy atom. The molecule has 0 radical (unpaired) electrons. The number of hydrogen-bond donors (Lipinski definition) is 2. The monoisotopic (exact) mass is 456 g/mol. The zero-order valence-corrected chi connectivity index (χ0v) is 18.7. The van der Waals surface area contributed by atoms with Crippen molar-refractivity contribution in [2.75, 3.05) is 26.2 Å². The number of fused-ring (bicyclic) bond motifs is 1. The van der Waals surface area contributed by atoms with Gasteiger partial charge >= 0.3 is 0 Å². The number of ether oxygens (including phenoxy) is 1. The second-order valence-corrected chi connectivity index (χ2v) is 9.75. The number of carbonyl (C=O) groups is 1. The molecular formula is C23H28N4O4S. The molecule has 3 N–H and O–H groups in total. The average Bonchev–Trinajstić information content (AvgIpc) is 3.26. The first-order valence-corrected chi connectivity index (χ1v) is 12.3. The van der Waals surface area contributed by atoms with Crippen LogP contribution < -0.4 is 16.0 Å². The highest BCUT2D eigenvalue weighted by Crippen LogP contribution is 2.26. The van der Waals surface area contributed by atoms with Crippen molar-refractivity contribution in [3.63, 3.8) is 0 Å². The van der Waals surface area contributed by atoms with Crippen molar-refractivity contribution in [3.05, 3.63) is 60.3 Å². The van der Waals surface area contributed by atoms with E-state index in [2.05, 4.69) is 4.90 Å². The molecule has 0 spiro atoms. The maximum absolute atomic E-state index is 13.1. The number of nitrogens with one attached hydrogen (secondary N) is 1. The topological polar surface area (TPSA) is 107 Å². The van der Waals surface area contributed by atoms with Gasteiger partial charge in [-0.2, -0.15) is 0 Å². The van der Waals surface area contributed by atoms with Crippen LogP contribution in [0.15, 0.2) is 59.6 Å². The lowest BCUT2D eigenvalue weighted by Crippen LogP contribution is -2.31. The van der Waals surface area contributed by atoms with Crippen molar-refractivity contribution >= 4 is 26.8 Å². The Labute approximate surface area is 188 Å². The van der Waals surface area contributed by atoms with E-state index in [4.69, 9.17) is 10.6 Å². The SMILES string of the molecule is NNC(=O)c1ccc(S(=O)(=O)n2ccc3cc(OCCCN4CCCCC4)ccc32)cc1. The molecule has 1 aliphatic rings. The number of amides is 1. The van der Waals surface area contributed by atoms with Gasteiger partial charge in [0.05, 0.1) is 17.0 Å². The van der Waals surface area contributed by atoms with E-state index in [-0.39, 0.29) is 10.5 Å². The van der Waals surface area contributed by atoms with Crippen LogP contribution in [0.25, 0.3) is 10.9 Å². The molecule has 2 heterocycles. The third-order valence-corrected chi connectivity index (χ3v) is 7.47. The highest BCUT2D eigenvalue weighted by atomic mass is 32.2. The van der Waals surface area contributed by atoms with Crippen molar-refractivity contribution in [3.8, 4) is 5.75 Å². The second-order valence-electron chi connectivity index (χ2n) is 7.94. The third-order valence-electron chi connectivity index (χ3n) is 5.77. The molecule has 0 unspecified atom stereocenters. The lowest BCUT2D eigenvalue weighted by Gasteiger charge is -2.26. The van der Waals surface area contributed by atoms with E-state index in [0.29, 0.717) is 12.1 Å². The summed E-state index contributed by atoms with van der Waals surface area (Å²) in [5, 5.41) is 0.779. The van der Waals surface area contributed by atoms with Crippen molar-refractivity contribution in [1.29, 1.82) is 0 Å². The average molecular weight is 457 g/mol. The molecule has 170 valence electrons. The Bertz CT molecular complexity index is 1180. The van der Waals surface area contributed by atoms with Crippen LogP contribution >= 0.6 is 0 Å². The van der Waals surface area contributed by atoms with Gasteiger partial charge in [-0.25, -0.2) is 18.2 Å². The van der Waals surface area contributed by atoms with Gasteiger partial charge < -0.3 is 9.64 Å². The Kier molecular flexibility index (Phi) is 6.78. The largest absolute Gasteiger partial charge is 0.494 e. The summed E-state index contributed by atoms with van der Waals surface area (Å²) in [6.07, 6.45) is 6.39. The van der Waals surface area contributed by atoms with E-state index in [0.717, 1.165) is 24.1 Å². The molecule has 1 aliphatic heterocycles. The van der Waals surface area contributed by atoms with Crippen molar-refractivity contribution < 1.29 is 17.9 Å². The van der Waals surface area contributed by atoms with E-state index in [1.54, 1.807) is 18.2 Å². The number of piperidine rings is 1. The molecular weight excluding hydrogens is 428 g/mol. The smallest absolute Gasteiger partial charge is 0.268 e. The van der Waals surface area contributed by atoms with Gasteiger partial charge in [-0.15, -0.1) is 0 Å². The van der Waals surface area contributed by atoms with Gasteiger partial charge in [0.25, 0.3) is 15.9 Å². The number of nitrogens with two attached hydrogens (primary N) is 1. The van der Waals surface area contributed by atoms with E-state index < -0.39 is 15.9 Å². The maximum atomic E-state index is 13.1. The molecule has 1 saturated heterocycles. The summed E-state index contributed by atoms with van der Waals surface area (Å²) in [6, 6.07) is 12.8. The molecule has 0 aliphatic carbocycles. The number of rotatable bonds is 8. The Hall–Kier alpha value is -2.88. The molecule has 0 saturated carbocycles. The quantitative estimate of drug-likeness (QED) is 0.234. The number of nitrogen functional groups attached to an aromatic ring is 1. The molecule has 1 amide bonds. The summed E-state index contributed by atoms with van der Waals surface area (Å²) in [6.45, 7) is 4.03.